The monoisotopic (exact) mass is 728 g/mol. The summed E-state index contributed by atoms with van der Waals surface area (Å²) in [5.41, 5.74) is 10.4. The van der Waals surface area contributed by atoms with Gasteiger partial charge >= 0.3 is 7.12 Å². The van der Waals surface area contributed by atoms with Crippen molar-refractivity contribution in [2.45, 2.75) is 148 Å². The van der Waals surface area contributed by atoms with Gasteiger partial charge in [0.05, 0.1) is 22.9 Å². The molecule has 4 aromatic rings. The number of rotatable bonds is 16. The van der Waals surface area contributed by atoms with Gasteiger partial charge in [-0.3, -0.25) is 0 Å². The first kappa shape index (κ1) is 35.8. The molecule has 1 aliphatic carbocycles. The summed E-state index contributed by atoms with van der Waals surface area (Å²) < 4.78 is 23.6. The van der Waals surface area contributed by atoms with Gasteiger partial charge < -0.3 is 9.31 Å². The molecule has 4 nitrogen and oxygen atoms in total. The molecular weight excluding hydrogens is 675 g/mol. The van der Waals surface area contributed by atoms with Crippen molar-refractivity contribution in [3.63, 3.8) is 0 Å². The summed E-state index contributed by atoms with van der Waals surface area (Å²) in [5.74, 6) is 0. The van der Waals surface area contributed by atoms with Gasteiger partial charge in [-0.15, -0.1) is 0 Å². The minimum atomic E-state index is -0.372. The molecule has 2 aliphatic rings. The normalized spacial score (nSPS) is 17.3. The second-order valence-electron chi connectivity index (χ2n) is 15.3. The first-order chi connectivity index (χ1) is 23.1. The topological polar surface area (TPSA) is 44.2 Å². The van der Waals surface area contributed by atoms with Crippen LogP contribution < -0.4 is 5.46 Å². The van der Waals surface area contributed by atoms with Crippen molar-refractivity contribution in [3.05, 3.63) is 64.1 Å². The van der Waals surface area contributed by atoms with Crippen LogP contribution in [0.4, 0.5) is 0 Å². The average Bonchev–Trinajstić information content (AvgIpc) is 3.72. The van der Waals surface area contributed by atoms with Gasteiger partial charge in [-0.2, -0.15) is 8.75 Å². The van der Waals surface area contributed by atoms with Crippen LogP contribution in [0.1, 0.15) is 143 Å². The minimum absolute atomic E-state index is 0.0509. The zero-order valence-corrected chi connectivity index (χ0v) is 32.5. The van der Waals surface area contributed by atoms with Crippen LogP contribution in [0.3, 0.4) is 0 Å². The van der Waals surface area contributed by atoms with Crippen LogP contribution in [0.2, 0.25) is 0 Å². The molecule has 48 heavy (non-hydrogen) atoms. The van der Waals surface area contributed by atoms with E-state index in [1.807, 2.05) is 0 Å². The molecule has 1 fully saturated rings. The molecule has 3 aromatic carbocycles. The fourth-order valence-corrected chi connectivity index (χ4v) is 9.05. The van der Waals surface area contributed by atoms with E-state index in [1.54, 1.807) is 0 Å². The zero-order valence-electron chi connectivity index (χ0n) is 30.1. The van der Waals surface area contributed by atoms with Crippen LogP contribution in [-0.4, -0.2) is 27.1 Å². The molecule has 0 N–H and O–H groups in total. The van der Waals surface area contributed by atoms with E-state index in [1.165, 1.54) is 129 Å². The molecule has 0 amide bonds. The maximum absolute atomic E-state index is 6.61. The van der Waals surface area contributed by atoms with Crippen molar-refractivity contribution in [2.24, 2.45) is 0 Å². The van der Waals surface area contributed by atoms with E-state index in [-0.39, 0.29) is 23.7 Å². The lowest BCUT2D eigenvalue weighted by Crippen LogP contribution is -2.41. The van der Waals surface area contributed by atoms with Crippen molar-refractivity contribution >= 4 is 51.3 Å². The quantitative estimate of drug-likeness (QED) is 0.0851. The van der Waals surface area contributed by atoms with Crippen LogP contribution in [0.5, 0.6) is 0 Å². The highest BCUT2D eigenvalue weighted by Crippen LogP contribution is 2.55. The minimum Gasteiger partial charge on any atom is -0.399 e. The second-order valence-corrected chi connectivity index (χ2v) is 16.7. The standard InChI is InChI=1S/C41H54BBrN2O2S/c1-7-9-11-13-15-17-25-41(26-18-16-14-12-10-8-2)34-27-29(31-23-24-36(43)38-37(31)44-48-45-38)19-21-32(34)33-22-20-30(28-35(33)41)42-46-39(3,4)40(5,6)47-42/h19-24,27-28H,7-18,25-26H2,1-6H3. The fourth-order valence-electron chi connectivity index (χ4n) is 7.95. The fraction of sp³-hybridized carbons (Fsp3) is 0.561. The van der Waals surface area contributed by atoms with Crippen LogP contribution >= 0.6 is 27.7 Å². The van der Waals surface area contributed by atoms with E-state index < -0.39 is 0 Å². The van der Waals surface area contributed by atoms with Gasteiger partial charge in [0.1, 0.15) is 11.0 Å². The van der Waals surface area contributed by atoms with E-state index >= 15 is 0 Å². The number of aromatic nitrogens is 2. The van der Waals surface area contributed by atoms with Crippen LogP contribution in [0, 0.1) is 0 Å². The van der Waals surface area contributed by atoms with Gasteiger partial charge in [-0.1, -0.05) is 127 Å². The third-order valence-corrected chi connectivity index (χ3v) is 12.7. The maximum atomic E-state index is 6.61. The summed E-state index contributed by atoms with van der Waals surface area (Å²) in [7, 11) is -0.367. The molecule has 7 heteroatoms. The SMILES string of the molecule is CCCCCCCCC1(CCCCCCCC)c2cc(B3OC(C)(C)C(C)(C)O3)ccc2-c2ccc(-c3ccc(Br)c4nsnc34)cc21. The Morgan fingerprint density at radius 2 is 1.15 bits per heavy atom. The molecular formula is C41H54BBrN2O2S. The van der Waals surface area contributed by atoms with Gasteiger partial charge in [0.25, 0.3) is 0 Å². The zero-order chi connectivity index (χ0) is 33.9. The van der Waals surface area contributed by atoms with Crippen LogP contribution in [0.15, 0.2) is 53.0 Å². The van der Waals surface area contributed by atoms with Gasteiger partial charge in [-0.25, -0.2) is 0 Å². The molecule has 0 unspecified atom stereocenters. The summed E-state index contributed by atoms with van der Waals surface area (Å²) >= 11 is 4.99. The molecule has 1 aliphatic heterocycles. The Labute approximate surface area is 302 Å². The van der Waals surface area contributed by atoms with Crippen LogP contribution in [-0.2, 0) is 14.7 Å². The van der Waals surface area contributed by atoms with Crippen molar-refractivity contribution < 1.29 is 9.31 Å². The van der Waals surface area contributed by atoms with Crippen molar-refractivity contribution in [3.8, 4) is 22.3 Å². The molecule has 256 valence electrons. The second kappa shape index (κ2) is 15.0. The smallest absolute Gasteiger partial charge is 0.399 e. The van der Waals surface area contributed by atoms with E-state index in [9.17, 15) is 0 Å². The largest absolute Gasteiger partial charge is 0.494 e. The average molecular weight is 730 g/mol. The summed E-state index contributed by atoms with van der Waals surface area (Å²) in [5, 5.41) is 0. The Morgan fingerprint density at radius 1 is 0.625 bits per heavy atom. The van der Waals surface area contributed by atoms with Gasteiger partial charge in [0.2, 0.25) is 0 Å². The number of hydrogen-bond donors (Lipinski definition) is 0. The van der Waals surface area contributed by atoms with Gasteiger partial charge in [0, 0.05) is 15.5 Å². The highest BCUT2D eigenvalue weighted by Gasteiger charge is 2.52. The molecule has 1 aromatic heterocycles. The number of fused-ring (bicyclic) bond motifs is 4. The summed E-state index contributed by atoms with van der Waals surface area (Å²) in [4.78, 5) is 0. The summed E-state index contributed by atoms with van der Waals surface area (Å²) in [6.45, 7) is 13.2. The van der Waals surface area contributed by atoms with Crippen LogP contribution in [0.25, 0.3) is 33.3 Å². The summed E-state index contributed by atoms with van der Waals surface area (Å²) in [6, 6.07) is 18.6. The molecule has 6 rings (SSSR count). The number of hydrogen-bond acceptors (Lipinski definition) is 5. The lowest BCUT2D eigenvalue weighted by Gasteiger charge is -2.33. The van der Waals surface area contributed by atoms with Crippen molar-refractivity contribution in [2.75, 3.05) is 0 Å². The number of benzene rings is 3. The molecule has 2 heterocycles. The van der Waals surface area contributed by atoms with Crippen molar-refractivity contribution in [1.29, 1.82) is 0 Å². The van der Waals surface area contributed by atoms with E-state index in [0.29, 0.717) is 0 Å². The number of unbranched alkanes of at least 4 members (excludes halogenated alkanes) is 10. The molecule has 1 saturated heterocycles. The maximum Gasteiger partial charge on any atom is 0.494 e. The predicted octanol–water partition coefficient (Wildman–Crippen LogP) is 12.2. The Bertz CT molecular complexity index is 1680. The Morgan fingerprint density at radius 3 is 1.77 bits per heavy atom. The third kappa shape index (κ3) is 6.96. The highest BCUT2D eigenvalue weighted by molar-refractivity contribution is 9.10. The lowest BCUT2D eigenvalue weighted by atomic mass is 9.68. The molecule has 0 saturated carbocycles. The van der Waals surface area contributed by atoms with Gasteiger partial charge in [0.15, 0.2) is 0 Å². The Kier molecular flexibility index (Phi) is 11.2. The highest BCUT2D eigenvalue weighted by atomic mass is 79.9. The van der Waals surface area contributed by atoms with Crippen molar-refractivity contribution in [1.82, 2.24) is 8.75 Å². The first-order valence-corrected chi connectivity index (χ1v) is 20.2. The van der Waals surface area contributed by atoms with E-state index in [2.05, 4.69) is 110 Å². The number of nitrogens with zero attached hydrogens (tertiary/aromatic N) is 2. The molecule has 0 radical (unpaired) electrons. The number of halogens is 1. The first-order valence-electron chi connectivity index (χ1n) is 18.7. The molecule has 0 bridgehead atoms. The summed E-state index contributed by atoms with van der Waals surface area (Å²) in [6.07, 6.45) is 17.9. The Hall–Kier alpha value is -2.06. The predicted molar refractivity (Wildman–Crippen MR) is 208 cm³/mol. The Balaban J connectivity index is 1.44. The van der Waals surface area contributed by atoms with E-state index in [4.69, 9.17) is 13.7 Å². The molecule has 0 atom stereocenters. The lowest BCUT2D eigenvalue weighted by molar-refractivity contribution is 0.00578. The van der Waals surface area contributed by atoms with E-state index in [0.717, 1.165) is 26.5 Å². The van der Waals surface area contributed by atoms with Gasteiger partial charge in [-0.05, 0) is 102 Å². The molecule has 0 spiro atoms. The third-order valence-electron chi connectivity index (χ3n) is 11.5.